The van der Waals surface area contributed by atoms with E-state index in [1.165, 1.54) is 0 Å². The molecule has 0 fully saturated rings. The molecule has 0 saturated heterocycles. The van der Waals surface area contributed by atoms with Crippen molar-refractivity contribution in [2.24, 2.45) is 5.84 Å². The number of halogens is 1. The lowest BCUT2D eigenvalue weighted by Crippen LogP contribution is -2.25. The maximum absolute atomic E-state index is 12.1. The van der Waals surface area contributed by atoms with Crippen LogP contribution in [0.15, 0.2) is 41.3 Å². The van der Waals surface area contributed by atoms with Crippen LogP contribution in [0.25, 0.3) is 0 Å². The van der Waals surface area contributed by atoms with Crippen molar-refractivity contribution >= 4 is 27.7 Å². The van der Waals surface area contributed by atoms with Crippen molar-refractivity contribution in [1.82, 2.24) is 15.3 Å². The summed E-state index contributed by atoms with van der Waals surface area (Å²) >= 11 is 3.27. The van der Waals surface area contributed by atoms with Gasteiger partial charge in [-0.05, 0) is 33.6 Å². The number of nitrogens with zero attached hydrogens (tertiary/aromatic N) is 2. The molecule has 7 heteroatoms. The summed E-state index contributed by atoms with van der Waals surface area (Å²) in [6.07, 6.45) is 4.94. The van der Waals surface area contributed by atoms with Gasteiger partial charge in [0.2, 0.25) is 0 Å². The number of nitrogen functional groups attached to an aromatic ring is 1. The van der Waals surface area contributed by atoms with Gasteiger partial charge in [-0.15, -0.1) is 0 Å². The average molecular weight is 322 g/mol. The monoisotopic (exact) mass is 321 g/mol. The Kier molecular flexibility index (Phi) is 4.43. The second-order valence-electron chi connectivity index (χ2n) is 3.74. The molecule has 2 rings (SSSR count). The first-order valence-electron chi connectivity index (χ1n) is 5.50. The van der Waals surface area contributed by atoms with E-state index >= 15 is 0 Å². The van der Waals surface area contributed by atoms with Gasteiger partial charge in [0.1, 0.15) is 0 Å². The zero-order valence-corrected chi connectivity index (χ0v) is 11.5. The molecule has 0 aliphatic heterocycles. The number of anilines is 1. The van der Waals surface area contributed by atoms with Crippen LogP contribution in [-0.4, -0.2) is 15.9 Å². The van der Waals surface area contributed by atoms with Crippen LogP contribution in [0.2, 0.25) is 0 Å². The molecule has 0 aromatic carbocycles. The van der Waals surface area contributed by atoms with Gasteiger partial charge >= 0.3 is 0 Å². The number of nitrogens with two attached hydrogens (primary N) is 1. The van der Waals surface area contributed by atoms with Gasteiger partial charge in [0.15, 0.2) is 5.82 Å². The largest absolute Gasteiger partial charge is 0.348 e. The summed E-state index contributed by atoms with van der Waals surface area (Å²) in [5.74, 6) is 5.40. The number of hydrogen-bond donors (Lipinski definition) is 3. The molecule has 0 aliphatic carbocycles. The summed E-state index contributed by atoms with van der Waals surface area (Å²) < 4.78 is 0.707. The van der Waals surface area contributed by atoms with E-state index in [-0.39, 0.29) is 5.91 Å². The van der Waals surface area contributed by atoms with Crippen LogP contribution in [-0.2, 0) is 6.54 Å². The highest BCUT2D eigenvalue weighted by atomic mass is 79.9. The van der Waals surface area contributed by atoms with E-state index in [0.717, 1.165) is 5.56 Å². The zero-order valence-electron chi connectivity index (χ0n) is 9.93. The lowest BCUT2D eigenvalue weighted by molar-refractivity contribution is 0.0951. The lowest BCUT2D eigenvalue weighted by atomic mass is 10.2. The van der Waals surface area contributed by atoms with E-state index in [1.54, 1.807) is 24.7 Å². The SMILES string of the molecule is NNc1ncc(Br)cc1C(=O)NCc1cccnc1. The number of carbonyl (C=O) groups is 1. The van der Waals surface area contributed by atoms with Gasteiger partial charge in [-0.25, -0.2) is 10.8 Å². The number of rotatable bonds is 4. The first-order chi connectivity index (χ1) is 9.20. The molecule has 0 saturated carbocycles. The Morgan fingerprint density at radius 2 is 2.26 bits per heavy atom. The Balaban J connectivity index is 2.10. The quantitative estimate of drug-likeness (QED) is 0.585. The van der Waals surface area contributed by atoms with Gasteiger partial charge < -0.3 is 10.7 Å². The Labute approximate surface area is 118 Å². The van der Waals surface area contributed by atoms with Crippen molar-refractivity contribution in [1.29, 1.82) is 0 Å². The van der Waals surface area contributed by atoms with Crippen molar-refractivity contribution in [3.63, 3.8) is 0 Å². The number of aromatic nitrogens is 2. The Morgan fingerprint density at radius 1 is 1.42 bits per heavy atom. The molecular formula is C12H12BrN5O. The van der Waals surface area contributed by atoms with Crippen molar-refractivity contribution in [3.8, 4) is 0 Å². The predicted octanol–water partition coefficient (Wildman–Crippen LogP) is 1.45. The number of amides is 1. The number of hydrogen-bond acceptors (Lipinski definition) is 5. The van der Waals surface area contributed by atoms with E-state index in [2.05, 4.69) is 36.6 Å². The fourth-order valence-corrected chi connectivity index (χ4v) is 1.84. The fourth-order valence-electron chi connectivity index (χ4n) is 1.51. The molecule has 0 atom stereocenters. The third-order valence-corrected chi connectivity index (χ3v) is 2.85. The minimum Gasteiger partial charge on any atom is -0.348 e. The molecule has 0 radical (unpaired) electrons. The van der Waals surface area contributed by atoms with E-state index < -0.39 is 0 Å². The molecule has 19 heavy (non-hydrogen) atoms. The molecule has 98 valence electrons. The topological polar surface area (TPSA) is 92.9 Å². The first kappa shape index (κ1) is 13.4. The number of pyridine rings is 2. The molecule has 4 N–H and O–H groups in total. The predicted molar refractivity (Wildman–Crippen MR) is 75.2 cm³/mol. The van der Waals surface area contributed by atoms with Gasteiger partial charge in [0.25, 0.3) is 5.91 Å². The molecule has 2 aromatic rings. The second kappa shape index (κ2) is 6.26. The van der Waals surface area contributed by atoms with Crippen molar-refractivity contribution in [2.45, 2.75) is 6.54 Å². The van der Waals surface area contributed by atoms with Crippen LogP contribution in [0.4, 0.5) is 5.82 Å². The number of carbonyl (C=O) groups excluding carboxylic acids is 1. The molecule has 0 unspecified atom stereocenters. The number of nitrogens with one attached hydrogen (secondary N) is 2. The van der Waals surface area contributed by atoms with Crippen molar-refractivity contribution in [3.05, 3.63) is 52.4 Å². The first-order valence-corrected chi connectivity index (χ1v) is 6.29. The molecule has 0 spiro atoms. The van der Waals surface area contributed by atoms with Gasteiger partial charge in [0.05, 0.1) is 5.56 Å². The highest BCUT2D eigenvalue weighted by molar-refractivity contribution is 9.10. The van der Waals surface area contributed by atoms with Crippen LogP contribution in [0.5, 0.6) is 0 Å². The summed E-state index contributed by atoms with van der Waals surface area (Å²) in [4.78, 5) is 20.1. The molecule has 0 aliphatic rings. The maximum Gasteiger partial charge on any atom is 0.255 e. The zero-order chi connectivity index (χ0) is 13.7. The van der Waals surface area contributed by atoms with E-state index in [4.69, 9.17) is 5.84 Å². The van der Waals surface area contributed by atoms with Crippen LogP contribution in [0.3, 0.4) is 0 Å². The molecule has 2 heterocycles. The normalized spacial score (nSPS) is 10.0. The minimum atomic E-state index is -0.259. The Hall–Kier alpha value is -1.99. The molecule has 2 aromatic heterocycles. The van der Waals surface area contributed by atoms with Crippen LogP contribution >= 0.6 is 15.9 Å². The van der Waals surface area contributed by atoms with Crippen LogP contribution in [0.1, 0.15) is 15.9 Å². The van der Waals surface area contributed by atoms with E-state index in [9.17, 15) is 4.79 Å². The second-order valence-corrected chi connectivity index (χ2v) is 4.65. The smallest absolute Gasteiger partial charge is 0.255 e. The van der Waals surface area contributed by atoms with Gasteiger partial charge in [-0.2, -0.15) is 0 Å². The van der Waals surface area contributed by atoms with Gasteiger partial charge in [-0.3, -0.25) is 9.78 Å². The van der Waals surface area contributed by atoms with Crippen molar-refractivity contribution in [2.75, 3.05) is 5.43 Å². The molecule has 1 amide bonds. The third kappa shape index (κ3) is 3.49. The number of hydrazine groups is 1. The van der Waals surface area contributed by atoms with Crippen LogP contribution < -0.4 is 16.6 Å². The summed E-state index contributed by atoms with van der Waals surface area (Å²) in [5.41, 5.74) is 3.69. The third-order valence-electron chi connectivity index (χ3n) is 2.41. The molecule has 6 nitrogen and oxygen atoms in total. The fraction of sp³-hybridized carbons (Fsp3) is 0.0833. The lowest BCUT2D eigenvalue weighted by Gasteiger charge is -2.09. The van der Waals surface area contributed by atoms with Gasteiger partial charge in [-0.1, -0.05) is 6.07 Å². The Morgan fingerprint density at radius 3 is 2.95 bits per heavy atom. The van der Waals surface area contributed by atoms with Crippen molar-refractivity contribution < 1.29 is 4.79 Å². The Bertz CT molecular complexity index is 576. The maximum atomic E-state index is 12.1. The summed E-state index contributed by atoms with van der Waals surface area (Å²) in [6, 6.07) is 5.35. The highest BCUT2D eigenvalue weighted by Gasteiger charge is 2.12. The summed E-state index contributed by atoms with van der Waals surface area (Å²) in [7, 11) is 0. The summed E-state index contributed by atoms with van der Waals surface area (Å²) in [5, 5.41) is 2.78. The average Bonchev–Trinajstić information content (AvgIpc) is 2.46. The molecule has 0 bridgehead atoms. The van der Waals surface area contributed by atoms with E-state index in [1.807, 2.05) is 12.1 Å². The minimum absolute atomic E-state index is 0.259. The molecular weight excluding hydrogens is 310 g/mol. The highest BCUT2D eigenvalue weighted by Crippen LogP contribution is 2.17. The summed E-state index contributed by atoms with van der Waals surface area (Å²) in [6.45, 7) is 0.392. The van der Waals surface area contributed by atoms with Gasteiger partial charge in [0, 0.05) is 29.6 Å². The van der Waals surface area contributed by atoms with Crippen LogP contribution in [0, 0.1) is 0 Å². The van der Waals surface area contributed by atoms with E-state index in [0.29, 0.717) is 22.4 Å². The standard InChI is InChI=1S/C12H12BrN5O/c13-9-4-10(11(18-14)16-7-9)12(19)17-6-8-2-1-3-15-5-8/h1-5,7H,6,14H2,(H,16,18)(H,17,19).